The van der Waals surface area contributed by atoms with Gasteiger partial charge in [0.25, 0.3) is 11.1 Å². The number of rotatable bonds is 6. The number of hydrogen-bond acceptors (Lipinski definition) is 7. The number of benzene rings is 2. The van der Waals surface area contributed by atoms with Crippen molar-refractivity contribution in [2.24, 2.45) is 0 Å². The molecule has 4 rings (SSSR count). The lowest BCUT2D eigenvalue weighted by Gasteiger charge is -2.21. The van der Waals surface area contributed by atoms with Gasteiger partial charge in [-0.1, -0.05) is 29.8 Å². The van der Waals surface area contributed by atoms with Crippen LogP contribution in [0.25, 0.3) is 11.5 Å². The Bertz CT molecular complexity index is 1090. The second-order valence-electron chi connectivity index (χ2n) is 7.23. The fourth-order valence-corrected chi connectivity index (χ4v) is 4.52. The Morgan fingerprint density at radius 1 is 1.16 bits per heavy atom. The molecule has 0 radical (unpaired) electrons. The Labute approximate surface area is 195 Å². The predicted molar refractivity (Wildman–Crippen MR) is 122 cm³/mol. The van der Waals surface area contributed by atoms with Gasteiger partial charge < -0.3 is 9.15 Å². The lowest BCUT2D eigenvalue weighted by atomic mass is 10.2. The molecule has 0 N–H and O–H groups in total. The maximum atomic E-state index is 13.2. The highest BCUT2D eigenvalue weighted by Gasteiger charge is 2.33. The number of carbonyl (C=O) groups excluding carboxylic acids is 2. The number of imide groups is 1. The van der Waals surface area contributed by atoms with Gasteiger partial charge in [-0.05, 0) is 68.3 Å². The summed E-state index contributed by atoms with van der Waals surface area (Å²) in [5.41, 5.74) is 1.20. The third-order valence-electron chi connectivity index (χ3n) is 5.04. The zero-order valence-corrected chi connectivity index (χ0v) is 19.1. The smallest absolute Gasteiger partial charge is 0.277 e. The van der Waals surface area contributed by atoms with Crippen LogP contribution in [-0.2, 0) is 4.79 Å². The molecule has 1 fully saturated rings. The van der Waals surface area contributed by atoms with E-state index in [2.05, 4.69) is 10.2 Å². The lowest BCUT2D eigenvalue weighted by Crippen LogP contribution is -2.41. The number of carbonyl (C=O) groups is 2. The third kappa shape index (κ3) is 5.14. The van der Waals surface area contributed by atoms with Gasteiger partial charge in [-0.15, -0.1) is 10.2 Å². The number of halogens is 1. The first-order valence-corrected chi connectivity index (χ1v) is 11.7. The van der Waals surface area contributed by atoms with Gasteiger partial charge in [0.1, 0.15) is 5.75 Å². The zero-order chi connectivity index (χ0) is 22.5. The van der Waals surface area contributed by atoms with Crippen LogP contribution in [0.5, 0.6) is 5.75 Å². The summed E-state index contributed by atoms with van der Waals surface area (Å²) in [5.74, 6) is 0.568. The Morgan fingerprint density at radius 2 is 1.91 bits per heavy atom. The molecule has 2 aromatic carbocycles. The maximum absolute atomic E-state index is 13.2. The van der Waals surface area contributed by atoms with Crippen LogP contribution in [0.3, 0.4) is 0 Å². The van der Waals surface area contributed by atoms with Gasteiger partial charge in [0.15, 0.2) is 0 Å². The second-order valence-corrected chi connectivity index (χ2v) is 8.83. The average Bonchev–Trinajstić information content (AvgIpc) is 3.19. The molecule has 166 valence electrons. The molecule has 1 atom stereocenters. The summed E-state index contributed by atoms with van der Waals surface area (Å²) in [6.07, 6.45) is 2.21. The summed E-state index contributed by atoms with van der Waals surface area (Å²) in [6.45, 7) is 2.90. The monoisotopic (exact) mass is 471 g/mol. The van der Waals surface area contributed by atoms with Crippen LogP contribution >= 0.6 is 23.4 Å². The highest BCUT2D eigenvalue weighted by molar-refractivity contribution is 8.00. The first-order valence-electron chi connectivity index (χ1n) is 10.4. The lowest BCUT2D eigenvalue weighted by molar-refractivity contribution is -0.127. The number of ether oxygens (including phenoxy) is 1. The van der Waals surface area contributed by atoms with Crippen molar-refractivity contribution >= 4 is 35.2 Å². The van der Waals surface area contributed by atoms with Crippen molar-refractivity contribution in [1.29, 1.82) is 0 Å². The summed E-state index contributed by atoms with van der Waals surface area (Å²) < 4.78 is 11.2. The van der Waals surface area contributed by atoms with Crippen molar-refractivity contribution in [2.75, 3.05) is 13.2 Å². The molecule has 0 spiro atoms. The minimum Gasteiger partial charge on any atom is -0.494 e. The van der Waals surface area contributed by atoms with Crippen LogP contribution in [0.4, 0.5) is 0 Å². The molecule has 2 heterocycles. The normalized spacial score (nSPS) is 16.6. The number of hydrogen-bond donors (Lipinski definition) is 0. The Kier molecular flexibility index (Phi) is 7.12. The minimum atomic E-state index is -0.470. The fraction of sp³-hybridized carbons (Fsp3) is 0.304. The highest BCUT2D eigenvalue weighted by Crippen LogP contribution is 2.32. The van der Waals surface area contributed by atoms with Gasteiger partial charge in [0, 0.05) is 22.7 Å². The molecule has 0 bridgehead atoms. The largest absolute Gasteiger partial charge is 0.494 e. The van der Waals surface area contributed by atoms with Crippen LogP contribution in [-0.4, -0.2) is 45.3 Å². The molecule has 0 unspecified atom stereocenters. The van der Waals surface area contributed by atoms with Crippen molar-refractivity contribution in [1.82, 2.24) is 15.1 Å². The van der Waals surface area contributed by atoms with E-state index in [4.69, 9.17) is 20.8 Å². The molecule has 9 heteroatoms. The van der Waals surface area contributed by atoms with Crippen molar-refractivity contribution < 1.29 is 18.7 Å². The number of aromatic nitrogens is 2. The summed E-state index contributed by atoms with van der Waals surface area (Å²) in [5, 5.41) is 8.56. The summed E-state index contributed by atoms with van der Waals surface area (Å²) in [4.78, 5) is 27.4. The number of thioether (sulfide) groups is 1. The molecule has 1 aliphatic rings. The van der Waals surface area contributed by atoms with Crippen molar-refractivity contribution in [3.05, 3.63) is 59.1 Å². The van der Waals surface area contributed by atoms with E-state index in [9.17, 15) is 9.59 Å². The van der Waals surface area contributed by atoms with E-state index in [0.717, 1.165) is 24.2 Å². The molecule has 1 aromatic heterocycles. The van der Waals surface area contributed by atoms with E-state index in [1.54, 1.807) is 24.3 Å². The topological polar surface area (TPSA) is 85.5 Å². The molecule has 7 nitrogen and oxygen atoms in total. The van der Waals surface area contributed by atoms with Gasteiger partial charge in [-0.3, -0.25) is 14.5 Å². The third-order valence-corrected chi connectivity index (χ3v) is 6.38. The molecular weight excluding hydrogens is 450 g/mol. The first-order chi connectivity index (χ1) is 15.5. The SMILES string of the molecule is CCOc1ccc(-c2nnc(S[C@@H]3CCCCN(C(=O)c4ccc(Cl)cc4)C3=O)o2)cc1. The van der Waals surface area contributed by atoms with Crippen LogP contribution in [0.1, 0.15) is 36.5 Å². The van der Waals surface area contributed by atoms with Gasteiger partial charge >= 0.3 is 0 Å². The molecule has 1 saturated heterocycles. The van der Waals surface area contributed by atoms with E-state index in [-0.39, 0.29) is 11.8 Å². The van der Waals surface area contributed by atoms with E-state index in [1.165, 1.54) is 16.7 Å². The van der Waals surface area contributed by atoms with E-state index in [1.807, 2.05) is 31.2 Å². The Balaban J connectivity index is 1.47. The fourth-order valence-electron chi connectivity index (χ4n) is 3.42. The van der Waals surface area contributed by atoms with Gasteiger partial charge in [0.2, 0.25) is 11.8 Å². The number of amides is 2. The summed E-state index contributed by atoms with van der Waals surface area (Å²) >= 11 is 7.12. The predicted octanol–water partition coefficient (Wildman–Crippen LogP) is 5.10. The molecule has 3 aromatic rings. The van der Waals surface area contributed by atoms with Gasteiger partial charge in [0.05, 0.1) is 11.9 Å². The van der Waals surface area contributed by atoms with Gasteiger partial charge in [-0.2, -0.15) is 0 Å². The minimum absolute atomic E-state index is 0.242. The molecule has 1 aliphatic heterocycles. The summed E-state index contributed by atoms with van der Waals surface area (Å²) in [7, 11) is 0. The van der Waals surface area contributed by atoms with Crippen molar-refractivity contribution in [3.63, 3.8) is 0 Å². The molecule has 2 amide bonds. The quantitative estimate of drug-likeness (QED) is 0.462. The number of nitrogens with zero attached hydrogens (tertiary/aromatic N) is 3. The van der Waals surface area contributed by atoms with Crippen LogP contribution < -0.4 is 4.74 Å². The molecule has 32 heavy (non-hydrogen) atoms. The first kappa shape index (κ1) is 22.4. The molecule has 0 saturated carbocycles. The Hall–Kier alpha value is -2.84. The van der Waals surface area contributed by atoms with Crippen LogP contribution in [0.15, 0.2) is 58.2 Å². The van der Waals surface area contributed by atoms with Gasteiger partial charge in [-0.25, -0.2) is 0 Å². The second kappa shape index (κ2) is 10.2. The average molecular weight is 472 g/mol. The molecule has 0 aliphatic carbocycles. The van der Waals surface area contributed by atoms with E-state index in [0.29, 0.717) is 41.3 Å². The van der Waals surface area contributed by atoms with Crippen LogP contribution in [0.2, 0.25) is 5.02 Å². The van der Waals surface area contributed by atoms with Crippen molar-refractivity contribution in [3.8, 4) is 17.2 Å². The highest BCUT2D eigenvalue weighted by atomic mass is 35.5. The maximum Gasteiger partial charge on any atom is 0.277 e. The van der Waals surface area contributed by atoms with E-state index >= 15 is 0 Å². The Morgan fingerprint density at radius 3 is 2.62 bits per heavy atom. The standard InChI is InChI=1S/C23H22ClN3O4S/c1-2-30-18-12-8-15(9-13-18)20-25-26-23(31-20)32-19-5-3-4-14-27(22(19)29)21(28)16-6-10-17(24)11-7-16/h6-13,19H,2-5,14H2,1H3/t19-/m1/s1. The van der Waals surface area contributed by atoms with E-state index < -0.39 is 5.25 Å². The van der Waals surface area contributed by atoms with Crippen molar-refractivity contribution in [2.45, 2.75) is 36.7 Å². The molecular formula is C23H22ClN3O4S. The summed E-state index contributed by atoms with van der Waals surface area (Å²) in [6, 6.07) is 13.9. The zero-order valence-electron chi connectivity index (χ0n) is 17.5. The van der Waals surface area contributed by atoms with Crippen LogP contribution in [0, 0.1) is 0 Å². The number of likely N-dealkylation sites (tertiary alicyclic amines) is 1.